The van der Waals surface area contributed by atoms with Crippen LogP contribution in [-0.2, 0) is 11.3 Å². The van der Waals surface area contributed by atoms with Crippen LogP contribution in [-0.4, -0.2) is 43.8 Å². The molecule has 4 aromatic rings. The molecule has 0 unspecified atom stereocenters. The summed E-state index contributed by atoms with van der Waals surface area (Å²) in [5, 5.41) is 4.54. The molecule has 30 heavy (non-hydrogen) atoms. The molecule has 0 spiro atoms. The van der Waals surface area contributed by atoms with Crippen LogP contribution in [0, 0.1) is 13.8 Å². The van der Waals surface area contributed by atoms with Gasteiger partial charge in [0.1, 0.15) is 12.4 Å². The van der Waals surface area contributed by atoms with E-state index in [4.69, 9.17) is 4.98 Å². The van der Waals surface area contributed by atoms with Crippen molar-refractivity contribution in [1.29, 1.82) is 0 Å². The van der Waals surface area contributed by atoms with Gasteiger partial charge in [-0.2, -0.15) is 0 Å². The number of nitrogens with one attached hydrogen (secondary N) is 1. The Labute approximate surface area is 176 Å². The third kappa shape index (κ3) is 3.30. The number of nitrogens with zero attached hydrogens (tertiary/aromatic N) is 5. The van der Waals surface area contributed by atoms with Gasteiger partial charge in [-0.05, 0) is 43.5 Å². The van der Waals surface area contributed by atoms with Gasteiger partial charge in [0.2, 0.25) is 5.91 Å². The van der Waals surface area contributed by atoms with Gasteiger partial charge in [0, 0.05) is 43.8 Å². The van der Waals surface area contributed by atoms with Gasteiger partial charge in [0.05, 0.1) is 16.9 Å². The first-order valence-corrected chi connectivity index (χ1v) is 10.2. The van der Waals surface area contributed by atoms with Gasteiger partial charge in [-0.1, -0.05) is 13.8 Å². The monoisotopic (exact) mass is 404 g/mol. The molecule has 1 N–H and O–H groups in total. The van der Waals surface area contributed by atoms with Crippen molar-refractivity contribution in [3.8, 4) is 0 Å². The first-order valence-electron chi connectivity index (χ1n) is 10.2. The molecule has 156 valence electrons. The first kappa shape index (κ1) is 19.9. The average molecular weight is 405 g/mol. The van der Waals surface area contributed by atoms with E-state index in [2.05, 4.69) is 47.7 Å². The van der Waals surface area contributed by atoms with Crippen molar-refractivity contribution in [1.82, 2.24) is 23.8 Å². The SMILES string of the molecule is Cc1nc2c(Nc3nccc4c3ccn4CC(=O)N(C)C)c(C(C)C)ccn2c1C. The molecule has 4 aromatic heterocycles. The van der Waals surface area contributed by atoms with Crippen LogP contribution in [0.15, 0.2) is 36.8 Å². The van der Waals surface area contributed by atoms with E-state index in [1.54, 1.807) is 25.2 Å². The van der Waals surface area contributed by atoms with Crippen LogP contribution in [0.5, 0.6) is 0 Å². The highest BCUT2D eigenvalue weighted by Crippen LogP contribution is 2.33. The fraction of sp³-hybridized carbons (Fsp3) is 0.348. The number of carbonyl (C=O) groups is 1. The van der Waals surface area contributed by atoms with E-state index >= 15 is 0 Å². The van der Waals surface area contributed by atoms with Gasteiger partial charge < -0.3 is 19.2 Å². The molecule has 7 nitrogen and oxygen atoms in total. The van der Waals surface area contributed by atoms with Crippen molar-refractivity contribution in [3.63, 3.8) is 0 Å². The molecule has 0 saturated carbocycles. The van der Waals surface area contributed by atoms with Crippen LogP contribution < -0.4 is 5.32 Å². The van der Waals surface area contributed by atoms with E-state index in [1.807, 2.05) is 29.8 Å². The maximum atomic E-state index is 12.2. The molecule has 0 aliphatic carbocycles. The van der Waals surface area contributed by atoms with Gasteiger partial charge in [-0.25, -0.2) is 9.97 Å². The van der Waals surface area contributed by atoms with Crippen molar-refractivity contribution in [2.24, 2.45) is 0 Å². The summed E-state index contributed by atoms with van der Waals surface area (Å²) in [7, 11) is 3.54. The maximum Gasteiger partial charge on any atom is 0.241 e. The van der Waals surface area contributed by atoms with Crippen molar-refractivity contribution in [2.45, 2.75) is 40.2 Å². The molecular formula is C23H28N6O. The normalized spacial score (nSPS) is 11.6. The van der Waals surface area contributed by atoms with Crippen molar-refractivity contribution in [2.75, 3.05) is 19.4 Å². The molecule has 0 aliphatic rings. The second-order valence-corrected chi connectivity index (χ2v) is 8.23. The minimum Gasteiger partial charge on any atom is -0.347 e. The van der Waals surface area contributed by atoms with Crippen molar-refractivity contribution < 1.29 is 4.79 Å². The van der Waals surface area contributed by atoms with E-state index in [1.165, 1.54) is 5.56 Å². The molecule has 0 fully saturated rings. The molecule has 0 bridgehead atoms. The predicted molar refractivity (Wildman–Crippen MR) is 120 cm³/mol. The standard InChI is InChI=1S/C23H28N6O/c1-14(2)17-9-12-29-16(4)15(3)25-23(29)21(17)26-22-18-8-11-28(13-20(30)27(5)6)19(18)7-10-24-22/h7-12,14H,13H2,1-6H3,(H,24,26). The van der Waals surface area contributed by atoms with Crippen molar-refractivity contribution >= 4 is 34.0 Å². The molecule has 0 radical (unpaired) electrons. The Bertz CT molecular complexity index is 1250. The highest BCUT2D eigenvalue weighted by molar-refractivity contribution is 5.94. The van der Waals surface area contributed by atoms with E-state index in [-0.39, 0.29) is 5.91 Å². The Morgan fingerprint density at radius 2 is 1.93 bits per heavy atom. The number of likely N-dealkylation sites (N-methyl/N-ethyl adjacent to an activating group) is 1. The van der Waals surface area contributed by atoms with E-state index < -0.39 is 0 Å². The Morgan fingerprint density at radius 3 is 2.63 bits per heavy atom. The molecule has 4 heterocycles. The predicted octanol–water partition coefficient (Wildman–Crippen LogP) is 4.26. The quantitative estimate of drug-likeness (QED) is 0.540. The lowest BCUT2D eigenvalue weighted by Gasteiger charge is -2.16. The minimum absolute atomic E-state index is 0.0500. The molecule has 0 aromatic carbocycles. The van der Waals surface area contributed by atoms with Crippen molar-refractivity contribution in [3.05, 3.63) is 53.7 Å². The van der Waals surface area contributed by atoms with E-state index in [0.29, 0.717) is 12.5 Å². The van der Waals surface area contributed by atoms with Crippen LogP contribution in [0.3, 0.4) is 0 Å². The highest BCUT2D eigenvalue weighted by Gasteiger charge is 2.18. The smallest absolute Gasteiger partial charge is 0.241 e. The maximum absolute atomic E-state index is 12.2. The summed E-state index contributed by atoms with van der Waals surface area (Å²) in [5.41, 5.74) is 6.17. The zero-order valence-corrected chi connectivity index (χ0v) is 18.4. The third-order valence-corrected chi connectivity index (χ3v) is 5.67. The fourth-order valence-electron chi connectivity index (χ4n) is 3.73. The molecular weight excluding hydrogens is 376 g/mol. The largest absolute Gasteiger partial charge is 0.347 e. The summed E-state index contributed by atoms with van der Waals surface area (Å²) in [4.78, 5) is 23.2. The number of aromatic nitrogens is 4. The molecule has 1 amide bonds. The lowest BCUT2D eigenvalue weighted by atomic mass is 10.0. The molecule has 0 saturated heterocycles. The molecule has 0 aliphatic heterocycles. The van der Waals surface area contributed by atoms with Gasteiger partial charge in [-0.15, -0.1) is 0 Å². The number of anilines is 2. The Kier molecular flexibility index (Phi) is 4.97. The molecule has 7 heteroatoms. The van der Waals surface area contributed by atoms with Crippen LogP contribution in [0.2, 0.25) is 0 Å². The minimum atomic E-state index is 0.0500. The average Bonchev–Trinajstić information content (AvgIpc) is 3.24. The zero-order chi connectivity index (χ0) is 21.6. The van der Waals surface area contributed by atoms with Gasteiger partial charge in [-0.3, -0.25) is 4.79 Å². The number of carbonyl (C=O) groups excluding carboxylic acids is 1. The topological polar surface area (TPSA) is 67.5 Å². The molecule has 0 atom stereocenters. The number of rotatable bonds is 5. The van der Waals surface area contributed by atoms with Crippen LogP contribution in [0.4, 0.5) is 11.5 Å². The van der Waals surface area contributed by atoms with Gasteiger partial charge >= 0.3 is 0 Å². The fourth-order valence-corrected chi connectivity index (χ4v) is 3.73. The summed E-state index contributed by atoms with van der Waals surface area (Å²) >= 11 is 0. The Balaban J connectivity index is 1.82. The lowest BCUT2D eigenvalue weighted by molar-refractivity contribution is -0.129. The number of aryl methyl sites for hydroxylation is 2. The summed E-state index contributed by atoms with van der Waals surface area (Å²) in [6.07, 6.45) is 5.80. The number of amides is 1. The molecule has 4 rings (SSSR count). The highest BCUT2D eigenvalue weighted by atomic mass is 16.2. The summed E-state index contributed by atoms with van der Waals surface area (Å²) in [6.45, 7) is 8.76. The van der Waals surface area contributed by atoms with Crippen LogP contribution >= 0.6 is 0 Å². The van der Waals surface area contributed by atoms with E-state index in [9.17, 15) is 4.79 Å². The van der Waals surface area contributed by atoms with Crippen LogP contribution in [0.25, 0.3) is 16.6 Å². The number of imidazole rings is 1. The van der Waals surface area contributed by atoms with Crippen LogP contribution in [0.1, 0.15) is 36.7 Å². The van der Waals surface area contributed by atoms with Gasteiger partial charge in [0.15, 0.2) is 5.65 Å². The number of hydrogen-bond donors (Lipinski definition) is 1. The second kappa shape index (κ2) is 7.48. The second-order valence-electron chi connectivity index (χ2n) is 8.23. The summed E-state index contributed by atoms with van der Waals surface area (Å²) in [5.74, 6) is 1.14. The lowest BCUT2D eigenvalue weighted by Crippen LogP contribution is -2.25. The Hall–Kier alpha value is -3.35. The first-order chi connectivity index (χ1) is 14.3. The summed E-state index contributed by atoms with van der Waals surface area (Å²) in [6, 6.07) is 6.09. The Morgan fingerprint density at radius 1 is 1.17 bits per heavy atom. The number of fused-ring (bicyclic) bond motifs is 2. The third-order valence-electron chi connectivity index (χ3n) is 5.67. The zero-order valence-electron chi connectivity index (χ0n) is 18.4. The van der Waals surface area contributed by atoms with E-state index in [0.717, 1.165) is 39.4 Å². The number of pyridine rings is 2. The number of hydrogen-bond acceptors (Lipinski definition) is 4. The van der Waals surface area contributed by atoms with Gasteiger partial charge in [0.25, 0.3) is 0 Å². The summed E-state index contributed by atoms with van der Waals surface area (Å²) < 4.78 is 4.07.